The molecule has 1 aromatic carbocycles. The molecule has 4 heteroatoms. The summed E-state index contributed by atoms with van der Waals surface area (Å²) < 4.78 is 0. The van der Waals surface area contributed by atoms with Crippen molar-refractivity contribution in [2.24, 2.45) is 5.10 Å². The highest BCUT2D eigenvalue weighted by Gasteiger charge is 2.23. The Bertz CT molecular complexity index is 480. The van der Waals surface area contributed by atoms with Crippen LogP contribution in [0.25, 0.3) is 0 Å². The number of rotatable bonds is 4. The van der Waals surface area contributed by atoms with Gasteiger partial charge in [0.25, 0.3) is 0 Å². The van der Waals surface area contributed by atoms with Crippen LogP contribution in [0.2, 0.25) is 0 Å². The molecule has 0 amide bonds. The number of anilines is 1. The van der Waals surface area contributed by atoms with Crippen LogP contribution in [0.5, 0.6) is 0 Å². The van der Waals surface area contributed by atoms with E-state index < -0.39 is 0 Å². The smallest absolute Gasteiger partial charge is 0.168 e. The second kappa shape index (κ2) is 5.43. The van der Waals surface area contributed by atoms with Crippen molar-refractivity contribution in [3.8, 4) is 0 Å². The Morgan fingerprint density at radius 3 is 2.21 bits per heavy atom. The molecule has 0 aliphatic carbocycles. The molecule has 2 rings (SSSR count). The Kier molecular flexibility index (Phi) is 3.88. The Balaban J connectivity index is 2.45. The number of carbonyl (C=O) groups excluding carboxylic acids is 1. The Morgan fingerprint density at radius 2 is 1.79 bits per heavy atom. The second-order valence-electron chi connectivity index (χ2n) is 5.50. The topological polar surface area (TPSA) is 44.7 Å². The third-order valence-electron chi connectivity index (χ3n) is 3.38. The van der Waals surface area contributed by atoms with E-state index in [-0.39, 0.29) is 0 Å². The van der Waals surface area contributed by atoms with E-state index in [0.717, 1.165) is 12.0 Å². The molecule has 1 aromatic rings. The van der Waals surface area contributed by atoms with Crippen LogP contribution in [0.15, 0.2) is 23.3 Å². The van der Waals surface area contributed by atoms with Crippen LogP contribution in [0.3, 0.4) is 0 Å². The molecule has 4 nitrogen and oxygen atoms in total. The fraction of sp³-hybridized carbons (Fsp3) is 0.467. The van der Waals surface area contributed by atoms with Crippen molar-refractivity contribution in [2.75, 3.05) is 11.6 Å². The van der Waals surface area contributed by atoms with E-state index in [9.17, 15) is 4.79 Å². The van der Waals surface area contributed by atoms with Gasteiger partial charge < -0.3 is 0 Å². The highest BCUT2D eigenvalue weighted by atomic mass is 16.1. The number of nitrogens with zero attached hydrogens (tertiary/aromatic N) is 2. The molecule has 102 valence electrons. The normalized spacial score (nSPS) is 14.8. The lowest BCUT2D eigenvalue weighted by Crippen LogP contribution is -2.33. The first-order chi connectivity index (χ1) is 9.04. The van der Waals surface area contributed by atoms with E-state index in [4.69, 9.17) is 0 Å². The summed E-state index contributed by atoms with van der Waals surface area (Å²) in [5.41, 5.74) is 7.21. The number of benzene rings is 1. The van der Waals surface area contributed by atoms with Crippen LogP contribution in [-0.2, 0) is 4.79 Å². The number of carbonyl (C=O) groups is 1. The average Bonchev–Trinajstić information content (AvgIpc) is 2.86. The summed E-state index contributed by atoms with van der Waals surface area (Å²) in [7, 11) is 0. The first kappa shape index (κ1) is 13.6. The molecule has 1 aliphatic heterocycles. The van der Waals surface area contributed by atoms with Gasteiger partial charge in [0.2, 0.25) is 0 Å². The third kappa shape index (κ3) is 2.62. The van der Waals surface area contributed by atoms with Crippen molar-refractivity contribution in [1.82, 2.24) is 5.53 Å². The monoisotopic (exact) mass is 259 g/mol. The molecule has 0 saturated carbocycles. The molecule has 0 radical (unpaired) electrons. The fourth-order valence-electron chi connectivity index (χ4n) is 2.37. The predicted octanol–water partition coefficient (Wildman–Crippen LogP) is 2.81. The average molecular weight is 259 g/mol. The second-order valence-corrected chi connectivity index (χ2v) is 5.50. The molecule has 0 saturated heterocycles. The third-order valence-corrected chi connectivity index (χ3v) is 3.38. The predicted molar refractivity (Wildman–Crippen MR) is 78.6 cm³/mol. The number of hydrazine groups is 1. The van der Waals surface area contributed by atoms with Crippen LogP contribution >= 0.6 is 0 Å². The van der Waals surface area contributed by atoms with E-state index in [2.05, 4.69) is 56.5 Å². The first-order valence-corrected chi connectivity index (χ1v) is 6.72. The summed E-state index contributed by atoms with van der Waals surface area (Å²) in [5, 5.41) is 6.00. The fourth-order valence-corrected chi connectivity index (χ4v) is 2.37. The maximum atomic E-state index is 10.8. The summed E-state index contributed by atoms with van der Waals surface area (Å²) in [5.74, 6) is 0.853. The van der Waals surface area contributed by atoms with Gasteiger partial charge >= 0.3 is 0 Å². The molecular weight excluding hydrogens is 238 g/mol. The lowest BCUT2D eigenvalue weighted by molar-refractivity contribution is -0.102. The molecule has 1 heterocycles. The number of para-hydroxylation sites is 1. The highest BCUT2D eigenvalue weighted by Crippen LogP contribution is 2.35. The lowest BCUT2D eigenvalue weighted by atomic mass is 9.92. The number of hydrogen-bond acceptors (Lipinski definition) is 4. The van der Waals surface area contributed by atoms with Crippen molar-refractivity contribution in [3.63, 3.8) is 0 Å². The Morgan fingerprint density at radius 1 is 1.21 bits per heavy atom. The van der Waals surface area contributed by atoms with Crippen molar-refractivity contribution < 1.29 is 4.79 Å². The zero-order valence-electron chi connectivity index (χ0n) is 12.0. The van der Waals surface area contributed by atoms with Gasteiger partial charge in [-0.3, -0.25) is 9.80 Å². The van der Waals surface area contributed by atoms with E-state index in [1.165, 1.54) is 11.1 Å². The quantitative estimate of drug-likeness (QED) is 0.846. The summed E-state index contributed by atoms with van der Waals surface area (Å²) >= 11 is 0. The number of hydrogen-bond donors (Lipinski definition) is 1. The van der Waals surface area contributed by atoms with E-state index in [1.54, 1.807) is 0 Å². The van der Waals surface area contributed by atoms with Crippen molar-refractivity contribution in [2.45, 2.75) is 39.5 Å². The molecule has 0 bridgehead atoms. The Hall–Kier alpha value is -1.84. The zero-order chi connectivity index (χ0) is 14.0. The van der Waals surface area contributed by atoms with E-state index in [1.807, 2.05) is 5.01 Å². The minimum Gasteiger partial charge on any atom is -0.296 e. The first-order valence-electron chi connectivity index (χ1n) is 6.72. The summed E-state index contributed by atoms with van der Waals surface area (Å²) in [6.07, 6.45) is 0.806. The molecule has 19 heavy (non-hydrogen) atoms. The maximum absolute atomic E-state index is 10.8. The van der Waals surface area contributed by atoms with Crippen LogP contribution in [0, 0.1) is 0 Å². The Labute approximate surface area is 114 Å². The number of nitrogens with one attached hydrogen (secondary N) is 1. The van der Waals surface area contributed by atoms with Crippen molar-refractivity contribution in [1.29, 1.82) is 0 Å². The van der Waals surface area contributed by atoms with E-state index in [0.29, 0.717) is 24.1 Å². The summed E-state index contributed by atoms with van der Waals surface area (Å²) in [4.78, 5) is 10.8. The molecule has 0 atom stereocenters. The van der Waals surface area contributed by atoms with Gasteiger partial charge in [0.05, 0.1) is 12.2 Å². The van der Waals surface area contributed by atoms with Gasteiger partial charge in [-0.15, -0.1) is 0 Å². The zero-order valence-corrected chi connectivity index (χ0v) is 12.0. The molecule has 1 N–H and O–H groups in total. The van der Waals surface area contributed by atoms with Crippen LogP contribution in [0.4, 0.5) is 5.69 Å². The van der Waals surface area contributed by atoms with Crippen molar-refractivity contribution in [3.05, 3.63) is 29.3 Å². The standard InChI is InChI=1S/C15H21N3O/c1-10(2)13-6-5-7-14(11(3)4)15(13)18-8-12(9-19)16-17-18/h5-7,9-11,17H,8H2,1-4H3. The molecule has 0 aromatic heterocycles. The van der Waals surface area contributed by atoms with Crippen molar-refractivity contribution >= 4 is 17.7 Å². The molecule has 0 fully saturated rings. The minimum absolute atomic E-state index is 0.427. The van der Waals surface area contributed by atoms with Gasteiger partial charge in [0.1, 0.15) is 5.71 Å². The van der Waals surface area contributed by atoms with Gasteiger partial charge in [-0.1, -0.05) is 45.9 Å². The number of hydrazone groups is 1. The van der Waals surface area contributed by atoms with Gasteiger partial charge in [-0.25, -0.2) is 5.53 Å². The van der Waals surface area contributed by atoms with Gasteiger partial charge in [-0.05, 0) is 23.0 Å². The van der Waals surface area contributed by atoms with Crippen LogP contribution in [-0.4, -0.2) is 18.5 Å². The highest BCUT2D eigenvalue weighted by molar-refractivity contribution is 6.30. The summed E-state index contributed by atoms with van der Waals surface area (Å²) in [6, 6.07) is 6.39. The largest absolute Gasteiger partial charge is 0.296 e. The SMILES string of the molecule is CC(C)c1cccc(C(C)C)c1N1CC(C=O)=NN1. The van der Waals surface area contributed by atoms with Gasteiger partial charge in [0, 0.05) is 0 Å². The summed E-state index contributed by atoms with van der Waals surface area (Å²) in [6.45, 7) is 9.25. The molecule has 0 unspecified atom stereocenters. The lowest BCUT2D eigenvalue weighted by Gasteiger charge is -2.27. The molecular formula is C15H21N3O. The van der Waals surface area contributed by atoms with Crippen LogP contribution in [0.1, 0.15) is 50.7 Å². The number of aldehydes is 1. The van der Waals surface area contributed by atoms with Gasteiger partial charge in [0.15, 0.2) is 6.29 Å². The molecule has 0 spiro atoms. The maximum Gasteiger partial charge on any atom is 0.168 e. The minimum atomic E-state index is 0.427. The molecule has 1 aliphatic rings. The van der Waals surface area contributed by atoms with E-state index >= 15 is 0 Å². The van der Waals surface area contributed by atoms with Crippen LogP contribution < -0.4 is 10.5 Å². The van der Waals surface area contributed by atoms with Gasteiger partial charge in [-0.2, -0.15) is 5.10 Å².